The zero-order valence-corrected chi connectivity index (χ0v) is 12.1. The van der Waals surface area contributed by atoms with Crippen LogP contribution in [-0.4, -0.2) is 21.4 Å². The van der Waals surface area contributed by atoms with Gasteiger partial charge in [0.15, 0.2) is 0 Å². The number of aryl methyl sites for hydroxylation is 1. The SMILES string of the molecule is Cc1ccsc1CN1CCCCC1c1ccncn1. The average Bonchev–Trinajstić information content (AvgIpc) is 2.86. The molecule has 1 aliphatic heterocycles. The molecule has 0 radical (unpaired) electrons. The van der Waals surface area contributed by atoms with Crippen molar-refractivity contribution >= 4 is 11.3 Å². The Balaban J connectivity index is 1.80. The van der Waals surface area contributed by atoms with Crippen LogP contribution in [0.3, 0.4) is 0 Å². The van der Waals surface area contributed by atoms with Gasteiger partial charge < -0.3 is 0 Å². The molecule has 2 aromatic rings. The Hall–Kier alpha value is -1.26. The van der Waals surface area contributed by atoms with E-state index < -0.39 is 0 Å². The summed E-state index contributed by atoms with van der Waals surface area (Å²) in [6, 6.07) is 4.73. The first kappa shape index (κ1) is 12.8. The van der Waals surface area contributed by atoms with Crippen LogP contribution in [0.1, 0.15) is 41.4 Å². The van der Waals surface area contributed by atoms with Crippen LogP contribution < -0.4 is 0 Å². The van der Waals surface area contributed by atoms with Gasteiger partial charge in [-0.25, -0.2) is 9.97 Å². The van der Waals surface area contributed by atoms with Crippen LogP contribution in [0.4, 0.5) is 0 Å². The summed E-state index contributed by atoms with van der Waals surface area (Å²) in [5, 5.41) is 2.19. The highest BCUT2D eigenvalue weighted by Crippen LogP contribution is 2.32. The van der Waals surface area contributed by atoms with Crippen molar-refractivity contribution in [1.29, 1.82) is 0 Å². The van der Waals surface area contributed by atoms with Crippen molar-refractivity contribution < 1.29 is 0 Å². The van der Waals surface area contributed by atoms with Crippen molar-refractivity contribution in [1.82, 2.24) is 14.9 Å². The lowest BCUT2D eigenvalue weighted by molar-refractivity contribution is 0.138. The van der Waals surface area contributed by atoms with E-state index in [-0.39, 0.29) is 0 Å². The van der Waals surface area contributed by atoms with Crippen LogP contribution >= 0.6 is 11.3 Å². The number of piperidine rings is 1. The number of rotatable bonds is 3. The van der Waals surface area contributed by atoms with E-state index >= 15 is 0 Å². The van der Waals surface area contributed by atoms with E-state index in [1.165, 1.54) is 41.9 Å². The van der Waals surface area contributed by atoms with Gasteiger partial charge in [0.25, 0.3) is 0 Å². The lowest BCUT2D eigenvalue weighted by Crippen LogP contribution is -2.33. The molecule has 1 atom stereocenters. The minimum absolute atomic E-state index is 0.457. The van der Waals surface area contributed by atoms with Gasteiger partial charge in [0, 0.05) is 17.6 Å². The Morgan fingerprint density at radius 1 is 1.37 bits per heavy atom. The first-order valence-electron chi connectivity index (χ1n) is 6.87. The van der Waals surface area contributed by atoms with Crippen LogP contribution in [-0.2, 0) is 6.54 Å². The second-order valence-corrected chi connectivity index (χ2v) is 6.14. The van der Waals surface area contributed by atoms with Gasteiger partial charge in [-0.3, -0.25) is 4.90 Å². The number of hydrogen-bond acceptors (Lipinski definition) is 4. The minimum Gasteiger partial charge on any atom is -0.290 e. The van der Waals surface area contributed by atoms with E-state index in [1.807, 2.05) is 17.5 Å². The van der Waals surface area contributed by atoms with Crippen molar-refractivity contribution in [3.05, 3.63) is 46.2 Å². The molecule has 1 saturated heterocycles. The maximum atomic E-state index is 4.45. The summed E-state index contributed by atoms with van der Waals surface area (Å²) in [4.78, 5) is 12.5. The van der Waals surface area contributed by atoms with E-state index in [4.69, 9.17) is 0 Å². The first-order chi connectivity index (χ1) is 9.34. The highest BCUT2D eigenvalue weighted by molar-refractivity contribution is 7.10. The number of nitrogens with zero attached hydrogens (tertiary/aromatic N) is 3. The fourth-order valence-electron chi connectivity index (χ4n) is 2.76. The highest BCUT2D eigenvalue weighted by Gasteiger charge is 2.25. The third-order valence-electron chi connectivity index (χ3n) is 3.87. The standard InChI is InChI=1S/C15H19N3S/c1-12-6-9-19-15(12)10-18-8-3-2-4-14(18)13-5-7-16-11-17-13/h5-7,9,11,14H,2-4,8,10H2,1H3. The fraction of sp³-hybridized carbons (Fsp3) is 0.467. The van der Waals surface area contributed by atoms with Gasteiger partial charge in [0.05, 0.1) is 11.7 Å². The second-order valence-electron chi connectivity index (χ2n) is 5.14. The predicted octanol–water partition coefficient (Wildman–Crippen LogP) is 3.57. The fourth-order valence-corrected chi connectivity index (χ4v) is 3.69. The van der Waals surface area contributed by atoms with E-state index in [0.29, 0.717) is 6.04 Å². The van der Waals surface area contributed by atoms with Gasteiger partial charge >= 0.3 is 0 Å². The van der Waals surface area contributed by atoms with Crippen LogP contribution in [0.15, 0.2) is 30.0 Å². The van der Waals surface area contributed by atoms with E-state index in [1.54, 1.807) is 6.33 Å². The zero-order valence-electron chi connectivity index (χ0n) is 11.2. The summed E-state index contributed by atoms with van der Waals surface area (Å²) in [5.41, 5.74) is 2.58. The number of likely N-dealkylation sites (tertiary alicyclic amines) is 1. The van der Waals surface area contributed by atoms with Crippen molar-refractivity contribution in [2.24, 2.45) is 0 Å². The van der Waals surface area contributed by atoms with Crippen molar-refractivity contribution in [3.8, 4) is 0 Å². The van der Waals surface area contributed by atoms with Crippen LogP contribution in [0.2, 0.25) is 0 Å². The molecular formula is C15H19N3S. The molecule has 0 bridgehead atoms. The van der Waals surface area contributed by atoms with Gasteiger partial charge in [-0.15, -0.1) is 11.3 Å². The van der Waals surface area contributed by atoms with Crippen LogP contribution in [0, 0.1) is 6.92 Å². The molecule has 0 saturated carbocycles. The van der Waals surface area contributed by atoms with Gasteiger partial charge in [-0.1, -0.05) is 6.42 Å². The molecule has 3 rings (SSSR count). The summed E-state index contributed by atoms with van der Waals surface area (Å²) in [6.45, 7) is 4.43. The Kier molecular flexibility index (Phi) is 3.89. The molecule has 4 heteroatoms. The maximum absolute atomic E-state index is 4.45. The monoisotopic (exact) mass is 273 g/mol. The molecule has 0 aromatic carbocycles. The molecule has 0 N–H and O–H groups in total. The average molecular weight is 273 g/mol. The predicted molar refractivity (Wildman–Crippen MR) is 78.1 cm³/mol. The van der Waals surface area contributed by atoms with Crippen molar-refractivity contribution in [2.45, 2.75) is 38.8 Å². The molecular weight excluding hydrogens is 254 g/mol. The topological polar surface area (TPSA) is 29.0 Å². The van der Waals surface area contributed by atoms with Gasteiger partial charge in [0.2, 0.25) is 0 Å². The van der Waals surface area contributed by atoms with Gasteiger partial charge in [0.1, 0.15) is 6.33 Å². The molecule has 3 nitrogen and oxygen atoms in total. The van der Waals surface area contributed by atoms with E-state index in [9.17, 15) is 0 Å². The summed E-state index contributed by atoms with van der Waals surface area (Å²) in [5.74, 6) is 0. The lowest BCUT2D eigenvalue weighted by Gasteiger charge is -2.35. The van der Waals surface area contributed by atoms with Crippen molar-refractivity contribution in [3.63, 3.8) is 0 Å². The lowest BCUT2D eigenvalue weighted by atomic mass is 9.99. The first-order valence-corrected chi connectivity index (χ1v) is 7.75. The summed E-state index contributed by atoms with van der Waals surface area (Å²) in [7, 11) is 0. The molecule has 0 amide bonds. The Morgan fingerprint density at radius 2 is 2.32 bits per heavy atom. The molecule has 1 unspecified atom stereocenters. The summed E-state index contributed by atoms with van der Waals surface area (Å²) in [6.07, 6.45) is 7.33. The number of thiophene rings is 1. The molecule has 0 aliphatic carbocycles. The number of hydrogen-bond donors (Lipinski definition) is 0. The Labute approximate surface area is 118 Å². The normalized spacial score (nSPS) is 20.6. The van der Waals surface area contributed by atoms with Gasteiger partial charge in [-0.05, 0) is 49.4 Å². The van der Waals surface area contributed by atoms with Crippen LogP contribution in [0.25, 0.3) is 0 Å². The highest BCUT2D eigenvalue weighted by atomic mass is 32.1. The second kappa shape index (κ2) is 5.80. The Bertz CT molecular complexity index is 523. The van der Waals surface area contributed by atoms with Crippen LogP contribution in [0.5, 0.6) is 0 Å². The molecule has 1 aliphatic rings. The van der Waals surface area contributed by atoms with Gasteiger partial charge in [-0.2, -0.15) is 0 Å². The van der Waals surface area contributed by atoms with E-state index in [2.05, 4.69) is 39.3 Å². The molecule has 1 fully saturated rings. The zero-order chi connectivity index (χ0) is 13.1. The quantitative estimate of drug-likeness (QED) is 0.856. The maximum Gasteiger partial charge on any atom is 0.115 e. The Morgan fingerprint density at radius 3 is 3.05 bits per heavy atom. The largest absolute Gasteiger partial charge is 0.290 e. The molecule has 2 aromatic heterocycles. The molecule has 100 valence electrons. The summed E-state index contributed by atoms with van der Waals surface area (Å²) >= 11 is 1.87. The third-order valence-corrected chi connectivity index (χ3v) is 4.88. The minimum atomic E-state index is 0.457. The van der Waals surface area contributed by atoms with Crippen molar-refractivity contribution in [2.75, 3.05) is 6.54 Å². The molecule has 3 heterocycles. The van der Waals surface area contributed by atoms with E-state index in [0.717, 1.165) is 6.54 Å². The third kappa shape index (κ3) is 2.85. The molecule has 19 heavy (non-hydrogen) atoms. The smallest absolute Gasteiger partial charge is 0.115 e. The summed E-state index contributed by atoms with van der Waals surface area (Å²) < 4.78 is 0. The number of aromatic nitrogens is 2. The molecule has 0 spiro atoms.